The molecule has 0 aliphatic carbocycles. The van der Waals surface area contributed by atoms with Crippen LogP contribution in [-0.4, -0.2) is 30.9 Å². The molecule has 1 rings (SSSR count). The Balaban J connectivity index is 2.59. The molecule has 0 spiro atoms. The standard InChI is InChI=1S/C21H32N4O2/c1-7-9-15(3)23-21(22)24-16(4)20(8-2)25-17(5)27-14-18-10-12-19(26-6)13-11-18/h7,9-13,16,20,25H,5,8,14H2,1-4,6H3,(H2,22,24)/b9-7-,23-15?/t16?,20-/m1/s1. The Morgan fingerprint density at radius 2 is 2.00 bits per heavy atom. The van der Waals surface area contributed by atoms with Crippen LogP contribution in [0.15, 0.2) is 58.9 Å². The Morgan fingerprint density at radius 3 is 2.56 bits per heavy atom. The minimum Gasteiger partial charge on any atom is -0.497 e. The highest BCUT2D eigenvalue weighted by Crippen LogP contribution is 2.13. The molecule has 1 aromatic carbocycles. The number of aliphatic imine (C=N–C) groups is 2. The summed E-state index contributed by atoms with van der Waals surface area (Å²) < 4.78 is 10.9. The Morgan fingerprint density at radius 1 is 1.33 bits per heavy atom. The number of hydrogen-bond donors (Lipinski definition) is 2. The molecule has 0 aromatic heterocycles. The van der Waals surface area contributed by atoms with Crippen LogP contribution in [-0.2, 0) is 11.3 Å². The molecule has 0 aliphatic rings. The van der Waals surface area contributed by atoms with Crippen molar-refractivity contribution in [2.75, 3.05) is 7.11 Å². The number of rotatable bonds is 10. The molecule has 1 aromatic rings. The monoisotopic (exact) mass is 372 g/mol. The first-order valence-electron chi connectivity index (χ1n) is 9.12. The third-order valence-corrected chi connectivity index (χ3v) is 3.98. The molecule has 6 nitrogen and oxygen atoms in total. The van der Waals surface area contributed by atoms with Crippen LogP contribution >= 0.6 is 0 Å². The van der Waals surface area contributed by atoms with Crippen molar-refractivity contribution in [3.05, 3.63) is 54.4 Å². The molecule has 0 radical (unpaired) electrons. The second-order valence-corrected chi connectivity index (χ2v) is 6.20. The zero-order valence-electron chi connectivity index (χ0n) is 17.0. The van der Waals surface area contributed by atoms with E-state index in [1.807, 2.05) is 57.2 Å². The highest BCUT2D eigenvalue weighted by molar-refractivity contribution is 6.01. The van der Waals surface area contributed by atoms with Crippen molar-refractivity contribution in [1.29, 1.82) is 0 Å². The van der Waals surface area contributed by atoms with Crippen molar-refractivity contribution in [2.45, 2.75) is 52.8 Å². The Labute approximate surface area is 162 Å². The summed E-state index contributed by atoms with van der Waals surface area (Å²) in [5, 5.41) is 3.28. The maximum Gasteiger partial charge on any atom is 0.215 e. The third kappa shape index (κ3) is 8.44. The molecule has 3 N–H and O–H groups in total. The first kappa shape index (κ1) is 22.3. The van der Waals surface area contributed by atoms with Gasteiger partial charge in [-0.2, -0.15) is 0 Å². The van der Waals surface area contributed by atoms with Crippen molar-refractivity contribution in [3.8, 4) is 5.75 Å². The molecule has 1 unspecified atom stereocenters. The van der Waals surface area contributed by atoms with Gasteiger partial charge in [0, 0.05) is 5.71 Å². The van der Waals surface area contributed by atoms with E-state index in [-0.39, 0.29) is 18.0 Å². The average Bonchev–Trinajstić information content (AvgIpc) is 2.64. The molecule has 0 saturated carbocycles. The molecule has 0 bridgehead atoms. The Bertz CT molecular complexity index is 678. The predicted molar refractivity (Wildman–Crippen MR) is 113 cm³/mol. The second kappa shape index (κ2) is 11.8. The van der Waals surface area contributed by atoms with Crippen LogP contribution in [0.5, 0.6) is 5.75 Å². The molecule has 27 heavy (non-hydrogen) atoms. The molecule has 0 saturated heterocycles. The lowest BCUT2D eigenvalue weighted by molar-refractivity contribution is 0.168. The van der Waals surface area contributed by atoms with Crippen LogP contribution in [0.25, 0.3) is 0 Å². The van der Waals surface area contributed by atoms with Crippen molar-refractivity contribution < 1.29 is 9.47 Å². The lowest BCUT2D eigenvalue weighted by Crippen LogP contribution is -2.37. The van der Waals surface area contributed by atoms with Crippen molar-refractivity contribution >= 4 is 11.7 Å². The highest BCUT2D eigenvalue weighted by atomic mass is 16.5. The van der Waals surface area contributed by atoms with Crippen LogP contribution < -0.4 is 15.8 Å². The molecule has 0 heterocycles. The number of nitrogens with two attached hydrogens (primary N) is 1. The molecular weight excluding hydrogens is 340 g/mol. The molecular formula is C21H32N4O2. The molecule has 2 atom stereocenters. The molecule has 148 valence electrons. The quantitative estimate of drug-likeness (QED) is 0.372. The van der Waals surface area contributed by atoms with E-state index in [2.05, 4.69) is 28.8 Å². The van der Waals surface area contributed by atoms with Gasteiger partial charge < -0.3 is 20.5 Å². The fourth-order valence-electron chi connectivity index (χ4n) is 2.49. The summed E-state index contributed by atoms with van der Waals surface area (Å²) in [6.07, 6.45) is 4.65. The highest BCUT2D eigenvalue weighted by Gasteiger charge is 2.16. The summed E-state index contributed by atoms with van der Waals surface area (Å²) >= 11 is 0. The van der Waals surface area contributed by atoms with Gasteiger partial charge in [-0.1, -0.05) is 25.1 Å². The summed E-state index contributed by atoms with van der Waals surface area (Å²) in [5.74, 6) is 1.59. The van der Waals surface area contributed by atoms with Crippen molar-refractivity contribution in [1.82, 2.24) is 5.32 Å². The lowest BCUT2D eigenvalue weighted by atomic mass is 10.1. The fraction of sp³-hybridized carbons (Fsp3) is 0.429. The van der Waals surface area contributed by atoms with Crippen molar-refractivity contribution in [2.24, 2.45) is 15.7 Å². The minimum absolute atomic E-state index is 0.0455. The third-order valence-electron chi connectivity index (χ3n) is 3.98. The van der Waals surface area contributed by atoms with Gasteiger partial charge in [0.1, 0.15) is 12.4 Å². The van der Waals surface area contributed by atoms with Gasteiger partial charge in [0.05, 0.1) is 19.2 Å². The SMILES string of the molecule is C=C(N[C@H](CC)C(C)N=C(N)N=C(C)/C=C\C)OCc1ccc(OC)cc1. The Kier molecular flexibility index (Phi) is 9.72. The van der Waals surface area contributed by atoms with Gasteiger partial charge in [-0.3, -0.25) is 0 Å². The second-order valence-electron chi connectivity index (χ2n) is 6.20. The normalized spacial score (nSPS) is 14.7. The fourth-order valence-corrected chi connectivity index (χ4v) is 2.49. The van der Waals surface area contributed by atoms with E-state index in [4.69, 9.17) is 15.2 Å². The minimum atomic E-state index is -0.0708. The number of ether oxygens (including phenoxy) is 2. The van der Waals surface area contributed by atoms with Crippen LogP contribution in [0.2, 0.25) is 0 Å². The topological polar surface area (TPSA) is 81.2 Å². The van der Waals surface area contributed by atoms with Crippen LogP contribution in [0.4, 0.5) is 0 Å². The lowest BCUT2D eigenvalue weighted by Gasteiger charge is -2.23. The van der Waals surface area contributed by atoms with Gasteiger partial charge in [0.15, 0.2) is 5.88 Å². The van der Waals surface area contributed by atoms with E-state index in [1.54, 1.807) is 7.11 Å². The van der Waals surface area contributed by atoms with E-state index < -0.39 is 0 Å². The van der Waals surface area contributed by atoms with Crippen LogP contribution in [0.1, 0.15) is 39.7 Å². The summed E-state index contributed by atoms with van der Waals surface area (Å²) in [7, 11) is 1.64. The number of nitrogens with one attached hydrogen (secondary N) is 1. The van der Waals surface area contributed by atoms with Crippen LogP contribution in [0.3, 0.4) is 0 Å². The first-order chi connectivity index (χ1) is 12.9. The smallest absolute Gasteiger partial charge is 0.215 e. The molecule has 0 fully saturated rings. The van der Waals surface area contributed by atoms with E-state index in [1.165, 1.54) is 0 Å². The van der Waals surface area contributed by atoms with Crippen LogP contribution in [0, 0.1) is 0 Å². The number of guanidine groups is 1. The van der Waals surface area contributed by atoms with Gasteiger partial charge in [0.2, 0.25) is 5.96 Å². The maximum atomic E-state index is 5.92. The molecule has 6 heteroatoms. The van der Waals surface area contributed by atoms with Gasteiger partial charge in [-0.05, 0) is 57.5 Å². The molecule has 0 aliphatic heterocycles. The summed E-state index contributed by atoms with van der Waals surface area (Å²) in [5.41, 5.74) is 7.78. The first-order valence-corrected chi connectivity index (χ1v) is 9.12. The van der Waals surface area contributed by atoms with E-state index in [0.717, 1.165) is 23.4 Å². The Hall–Kier alpha value is -2.76. The predicted octanol–water partition coefficient (Wildman–Crippen LogP) is 3.79. The summed E-state index contributed by atoms with van der Waals surface area (Å²) in [4.78, 5) is 8.72. The number of methoxy groups -OCH3 is 1. The van der Waals surface area contributed by atoms with Gasteiger partial charge in [-0.25, -0.2) is 9.98 Å². The zero-order valence-corrected chi connectivity index (χ0v) is 17.0. The van der Waals surface area contributed by atoms with Gasteiger partial charge >= 0.3 is 0 Å². The average molecular weight is 373 g/mol. The van der Waals surface area contributed by atoms with E-state index in [0.29, 0.717) is 12.5 Å². The summed E-state index contributed by atoms with van der Waals surface area (Å²) in [6, 6.07) is 7.70. The maximum absolute atomic E-state index is 5.92. The van der Waals surface area contributed by atoms with E-state index in [9.17, 15) is 0 Å². The van der Waals surface area contributed by atoms with Gasteiger partial charge in [0.25, 0.3) is 0 Å². The number of nitrogens with zero attached hydrogens (tertiary/aromatic N) is 2. The van der Waals surface area contributed by atoms with Gasteiger partial charge in [-0.15, -0.1) is 0 Å². The molecule has 0 amide bonds. The van der Waals surface area contributed by atoms with Crippen molar-refractivity contribution in [3.63, 3.8) is 0 Å². The summed E-state index contributed by atoms with van der Waals surface area (Å²) in [6.45, 7) is 12.3. The number of benzene rings is 1. The largest absolute Gasteiger partial charge is 0.497 e. The van der Waals surface area contributed by atoms with E-state index >= 15 is 0 Å². The number of allylic oxidation sites excluding steroid dienone is 2. The number of hydrogen-bond acceptors (Lipinski definition) is 4. The zero-order chi connectivity index (χ0) is 20.2.